The Morgan fingerprint density at radius 2 is 1.73 bits per heavy atom. The van der Waals surface area contributed by atoms with Crippen molar-refractivity contribution in [3.05, 3.63) is 83.4 Å². The van der Waals surface area contributed by atoms with Gasteiger partial charge in [-0.15, -0.1) is 5.10 Å². The number of nitrogens with one attached hydrogen (secondary N) is 1. The summed E-state index contributed by atoms with van der Waals surface area (Å²) in [5.74, 6) is 2.74. The van der Waals surface area contributed by atoms with Crippen LogP contribution in [0.15, 0.2) is 77.2 Å². The number of rotatable bonds is 4. The molecule has 0 amide bonds. The molecule has 160 valence electrons. The third-order valence-electron chi connectivity index (χ3n) is 5.43. The Balaban J connectivity index is 1.30. The molecule has 0 bridgehead atoms. The molecule has 0 spiro atoms. The van der Waals surface area contributed by atoms with Gasteiger partial charge in [-0.25, -0.2) is 10.1 Å². The first kappa shape index (κ1) is 19.5. The minimum Gasteiger partial charge on any atom is -0.457 e. The lowest BCUT2D eigenvalue weighted by molar-refractivity contribution is 0.483. The highest BCUT2D eigenvalue weighted by atomic mass is 35.5. The van der Waals surface area contributed by atoms with Crippen LogP contribution in [0.25, 0.3) is 44.7 Å². The molecule has 3 aromatic carbocycles. The fourth-order valence-electron chi connectivity index (χ4n) is 3.81. The third-order valence-corrected chi connectivity index (χ3v) is 5.66. The molecule has 0 saturated carbocycles. The van der Waals surface area contributed by atoms with Crippen LogP contribution in [0, 0.1) is 6.92 Å². The first-order valence-electron chi connectivity index (χ1n) is 10.3. The van der Waals surface area contributed by atoms with E-state index >= 15 is 0 Å². The maximum atomic E-state index is 6.12. The van der Waals surface area contributed by atoms with E-state index in [0.717, 1.165) is 44.4 Å². The van der Waals surface area contributed by atoms with Gasteiger partial charge in [-0.2, -0.15) is 0 Å². The molecule has 33 heavy (non-hydrogen) atoms. The van der Waals surface area contributed by atoms with E-state index in [-0.39, 0.29) is 0 Å². The predicted octanol–water partition coefficient (Wildman–Crippen LogP) is 6.58. The van der Waals surface area contributed by atoms with Gasteiger partial charge in [0.15, 0.2) is 11.6 Å². The number of furan rings is 1. The van der Waals surface area contributed by atoms with Gasteiger partial charge in [-0.05, 0) is 83.6 Å². The number of tetrazole rings is 1. The van der Waals surface area contributed by atoms with Gasteiger partial charge in [0.25, 0.3) is 0 Å². The van der Waals surface area contributed by atoms with Crippen LogP contribution in [0.5, 0.6) is 11.5 Å². The first-order chi connectivity index (χ1) is 16.1. The lowest BCUT2D eigenvalue weighted by Gasteiger charge is -2.08. The quantitative estimate of drug-likeness (QED) is 0.324. The summed E-state index contributed by atoms with van der Waals surface area (Å²) in [6, 6.07) is 23.1. The molecule has 3 heterocycles. The molecule has 7 nitrogen and oxygen atoms in total. The van der Waals surface area contributed by atoms with Crippen molar-refractivity contribution in [2.24, 2.45) is 0 Å². The molecule has 0 aliphatic carbocycles. The monoisotopic (exact) mass is 453 g/mol. The van der Waals surface area contributed by atoms with E-state index in [1.807, 2.05) is 79.7 Å². The van der Waals surface area contributed by atoms with Crippen LogP contribution in [-0.2, 0) is 0 Å². The Bertz CT molecular complexity index is 1630. The number of H-pyrrole nitrogens is 1. The largest absolute Gasteiger partial charge is 0.457 e. The summed E-state index contributed by atoms with van der Waals surface area (Å²) >= 11 is 6.12. The second-order valence-electron chi connectivity index (χ2n) is 7.67. The lowest BCUT2D eigenvalue weighted by atomic mass is 10.1. The van der Waals surface area contributed by atoms with Crippen molar-refractivity contribution < 1.29 is 9.15 Å². The zero-order valence-corrected chi connectivity index (χ0v) is 18.2. The number of hydrogen-bond acceptors (Lipinski definition) is 6. The molecule has 3 aromatic heterocycles. The minimum absolute atomic E-state index is 0.621. The fraction of sp³-hybridized carbons (Fsp3) is 0.0400. The van der Waals surface area contributed by atoms with Crippen LogP contribution in [0.4, 0.5) is 0 Å². The van der Waals surface area contributed by atoms with E-state index in [1.54, 1.807) is 0 Å². The molecule has 8 heteroatoms. The molecule has 0 aliphatic heterocycles. The molecule has 1 N–H and O–H groups in total. The molecular formula is C25H16ClN5O2. The lowest BCUT2D eigenvalue weighted by Crippen LogP contribution is -1.89. The Labute approximate surface area is 193 Å². The Kier molecular flexibility index (Phi) is 4.55. The maximum absolute atomic E-state index is 6.12. The van der Waals surface area contributed by atoms with E-state index in [0.29, 0.717) is 22.4 Å². The van der Waals surface area contributed by atoms with Gasteiger partial charge in [0, 0.05) is 21.4 Å². The number of aromatic nitrogens is 5. The second kappa shape index (κ2) is 7.72. The first-order valence-corrected chi connectivity index (χ1v) is 10.6. The average molecular weight is 454 g/mol. The Hall–Kier alpha value is -4.23. The topological polar surface area (TPSA) is 89.7 Å². The molecule has 0 unspecified atom stereocenters. The zero-order valence-electron chi connectivity index (χ0n) is 17.4. The summed E-state index contributed by atoms with van der Waals surface area (Å²) in [7, 11) is 0. The maximum Gasteiger partial charge on any atom is 0.179 e. The van der Waals surface area contributed by atoms with E-state index in [2.05, 4.69) is 20.6 Å². The highest BCUT2D eigenvalue weighted by Gasteiger charge is 2.11. The number of ether oxygens (including phenoxy) is 1. The molecule has 0 radical (unpaired) electrons. The number of pyridine rings is 1. The number of benzene rings is 3. The van der Waals surface area contributed by atoms with Gasteiger partial charge in [-0.3, -0.25) is 0 Å². The summed E-state index contributed by atoms with van der Waals surface area (Å²) in [6.45, 7) is 1.99. The number of halogens is 1. The number of aromatic amines is 1. The van der Waals surface area contributed by atoms with Crippen molar-refractivity contribution in [2.75, 3.05) is 0 Å². The Morgan fingerprint density at radius 1 is 0.879 bits per heavy atom. The van der Waals surface area contributed by atoms with Crippen molar-refractivity contribution in [1.29, 1.82) is 0 Å². The number of hydrogen-bond donors (Lipinski definition) is 1. The Morgan fingerprint density at radius 3 is 2.58 bits per heavy atom. The van der Waals surface area contributed by atoms with E-state index in [1.165, 1.54) is 0 Å². The zero-order chi connectivity index (χ0) is 22.4. The van der Waals surface area contributed by atoms with Crippen LogP contribution in [-0.4, -0.2) is 25.6 Å². The van der Waals surface area contributed by atoms with Gasteiger partial charge in [0.2, 0.25) is 0 Å². The normalized spacial score (nSPS) is 11.3. The van der Waals surface area contributed by atoms with Crippen molar-refractivity contribution in [1.82, 2.24) is 25.6 Å². The molecule has 0 fully saturated rings. The fourth-order valence-corrected chi connectivity index (χ4v) is 3.98. The van der Waals surface area contributed by atoms with Gasteiger partial charge >= 0.3 is 0 Å². The van der Waals surface area contributed by atoms with Crippen LogP contribution in [0.1, 0.15) is 5.56 Å². The molecular weight excluding hydrogens is 438 g/mol. The summed E-state index contributed by atoms with van der Waals surface area (Å²) in [6.07, 6.45) is 0. The highest BCUT2D eigenvalue weighted by molar-refractivity contribution is 6.31. The summed E-state index contributed by atoms with van der Waals surface area (Å²) in [4.78, 5) is 4.70. The minimum atomic E-state index is 0.621. The number of aryl methyl sites for hydroxylation is 1. The van der Waals surface area contributed by atoms with Gasteiger partial charge < -0.3 is 9.15 Å². The van der Waals surface area contributed by atoms with Crippen molar-refractivity contribution in [3.63, 3.8) is 0 Å². The van der Waals surface area contributed by atoms with Gasteiger partial charge in [-0.1, -0.05) is 23.7 Å². The SMILES string of the molecule is Cc1cc(Oc2ccc3oc(-c4ccc5ccc(Cl)cc5n4)cc3c2)ccc1-c1nnn[nH]1. The van der Waals surface area contributed by atoms with Crippen LogP contribution in [0.3, 0.4) is 0 Å². The van der Waals surface area contributed by atoms with Crippen molar-refractivity contribution in [2.45, 2.75) is 6.92 Å². The molecule has 0 aliphatic rings. The number of nitrogens with zero attached hydrogens (tertiary/aromatic N) is 4. The third kappa shape index (κ3) is 3.68. The van der Waals surface area contributed by atoms with E-state index in [9.17, 15) is 0 Å². The number of fused-ring (bicyclic) bond motifs is 2. The molecule has 6 aromatic rings. The van der Waals surface area contributed by atoms with Gasteiger partial charge in [0.05, 0.1) is 5.52 Å². The van der Waals surface area contributed by atoms with E-state index in [4.69, 9.17) is 25.7 Å². The highest BCUT2D eigenvalue weighted by Crippen LogP contribution is 2.33. The van der Waals surface area contributed by atoms with Gasteiger partial charge in [0.1, 0.15) is 22.8 Å². The van der Waals surface area contributed by atoms with Crippen LogP contribution in [0.2, 0.25) is 5.02 Å². The van der Waals surface area contributed by atoms with Crippen LogP contribution < -0.4 is 4.74 Å². The summed E-state index contributed by atoms with van der Waals surface area (Å²) < 4.78 is 12.1. The molecule has 0 saturated heterocycles. The van der Waals surface area contributed by atoms with Crippen LogP contribution >= 0.6 is 11.6 Å². The van der Waals surface area contributed by atoms with Crippen molar-refractivity contribution >= 4 is 33.5 Å². The smallest absolute Gasteiger partial charge is 0.179 e. The summed E-state index contributed by atoms with van der Waals surface area (Å²) in [5.41, 5.74) is 4.25. The molecule has 6 rings (SSSR count). The van der Waals surface area contributed by atoms with Crippen molar-refractivity contribution in [3.8, 4) is 34.3 Å². The van der Waals surface area contributed by atoms with E-state index < -0.39 is 0 Å². The second-order valence-corrected chi connectivity index (χ2v) is 8.11. The predicted molar refractivity (Wildman–Crippen MR) is 126 cm³/mol. The summed E-state index contributed by atoms with van der Waals surface area (Å²) in [5, 5.41) is 16.6. The average Bonchev–Trinajstić information content (AvgIpc) is 3.48. The molecule has 0 atom stereocenters. The standard InChI is InChI=1S/C25H16ClN5O2/c1-14-10-18(5-7-20(14)25-28-30-31-29-25)32-19-6-9-23-16(11-19)12-24(33-23)21-8-3-15-2-4-17(26)13-22(15)27-21/h2-13H,1H3,(H,28,29,30,31).